The van der Waals surface area contributed by atoms with Gasteiger partial charge in [0.15, 0.2) is 0 Å². The number of rotatable bonds is 4. The Morgan fingerprint density at radius 2 is 1.50 bits per heavy atom. The molecule has 3 aliphatic rings. The van der Waals surface area contributed by atoms with Crippen molar-refractivity contribution in [2.24, 2.45) is 23.7 Å². The van der Waals surface area contributed by atoms with Gasteiger partial charge in [-0.25, -0.2) is 0 Å². The van der Waals surface area contributed by atoms with Gasteiger partial charge in [0.1, 0.15) is 0 Å². The van der Waals surface area contributed by atoms with E-state index in [0.29, 0.717) is 17.9 Å². The fourth-order valence-corrected chi connectivity index (χ4v) is 3.24. The number of aliphatic hydroxyl groups is 1. The highest BCUT2D eigenvalue weighted by molar-refractivity contribution is 5.78. The summed E-state index contributed by atoms with van der Waals surface area (Å²) in [7, 11) is 0. The Morgan fingerprint density at radius 3 is 1.96 bits per heavy atom. The predicted octanol–water partition coefficient (Wildman–Crippen LogP) is 1.08. The van der Waals surface area contributed by atoms with Crippen LogP contribution >= 0.6 is 0 Å². The standard InChI is InChI=1S/C9H15NO2.C9H17NO2/c1-5(2)9(11)10-8-6-3-12-4-7(6)8;1-6(2)9(12)10-7-4-3-5-8(7)11/h5-8H,3-4H2,1-2H3,(H,10,11);6-8,11H,3-5H2,1-2H3,(H,10,12)/t6-,7+,8?;7-,8+/m.0/s1. The van der Waals surface area contributed by atoms with Gasteiger partial charge in [-0.3, -0.25) is 9.59 Å². The maximum Gasteiger partial charge on any atom is 0.222 e. The molecule has 3 rings (SSSR count). The first-order chi connectivity index (χ1) is 11.3. The molecule has 1 saturated heterocycles. The van der Waals surface area contributed by atoms with Crippen molar-refractivity contribution in [1.82, 2.24) is 10.6 Å². The van der Waals surface area contributed by atoms with Crippen LogP contribution in [0.25, 0.3) is 0 Å². The molecule has 0 bridgehead atoms. The van der Waals surface area contributed by atoms with Crippen LogP contribution in [0.4, 0.5) is 0 Å². The summed E-state index contributed by atoms with van der Waals surface area (Å²) >= 11 is 0. The van der Waals surface area contributed by atoms with Crippen molar-refractivity contribution >= 4 is 11.8 Å². The highest BCUT2D eigenvalue weighted by atomic mass is 16.5. The Labute approximate surface area is 144 Å². The molecule has 2 aliphatic carbocycles. The molecule has 3 N–H and O–H groups in total. The van der Waals surface area contributed by atoms with Crippen LogP contribution in [-0.2, 0) is 14.3 Å². The summed E-state index contributed by atoms with van der Waals surface area (Å²) in [6, 6.07) is 0.425. The van der Waals surface area contributed by atoms with Crippen LogP contribution in [0.2, 0.25) is 0 Å². The molecular weight excluding hydrogens is 308 g/mol. The number of hydrogen-bond acceptors (Lipinski definition) is 4. The number of aliphatic hydroxyl groups excluding tert-OH is 1. The zero-order valence-corrected chi connectivity index (χ0v) is 15.2. The lowest BCUT2D eigenvalue weighted by Crippen LogP contribution is -2.41. The van der Waals surface area contributed by atoms with Crippen molar-refractivity contribution in [2.45, 2.75) is 65.1 Å². The first-order valence-corrected chi connectivity index (χ1v) is 9.17. The number of carbonyl (C=O) groups excluding carboxylic acids is 2. The van der Waals surface area contributed by atoms with Crippen LogP contribution in [0, 0.1) is 23.7 Å². The lowest BCUT2D eigenvalue weighted by atomic mass is 10.1. The Morgan fingerprint density at radius 1 is 0.958 bits per heavy atom. The van der Waals surface area contributed by atoms with Gasteiger partial charge >= 0.3 is 0 Å². The Bertz CT molecular complexity index is 442. The SMILES string of the molecule is CC(C)C(=O)NC1[C@H]2COC[C@@H]12.CC(C)C(=O)N[C@H]1CCC[C@H]1O. The highest BCUT2D eigenvalue weighted by Gasteiger charge is 2.54. The smallest absolute Gasteiger partial charge is 0.222 e. The fraction of sp³-hybridized carbons (Fsp3) is 0.889. The summed E-state index contributed by atoms with van der Waals surface area (Å²) in [5.74, 6) is 1.57. The summed E-state index contributed by atoms with van der Waals surface area (Å²) < 4.78 is 5.23. The molecule has 24 heavy (non-hydrogen) atoms. The molecule has 0 aromatic heterocycles. The largest absolute Gasteiger partial charge is 0.391 e. The number of hydrogen-bond donors (Lipinski definition) is 3. The van der Waals surface area contributed by atoms with Crippen molar-refractivity contribution in [1.29, 1.82) is 0 Å². The van der Waals surface area contributed by atoms with Gasteiger partial charge in [-0.15, -0.1) is 0 Å². The zero-order valence-electron chi connectivity index (χ0n) is 15.2. The Kier molecular flexibility index (Phi) is 6.63. The first-order valence-electron chi connectivity index (χ1n) is 9.17. The van der Waals surface area contributed by atoms with Crippen molar-refractivity contribution in [3.63, 3.8) is 0 Å². The van der Waals surface area contributed by atoms with Gasteiger partial charge in [-0.1, -0.05) is 27.7 Å². The van der Waals surface area contributed by atoms with Crippen molar-refractivity contribution < 1.29 is 19.4 Å². The summed E-state index contributed by atoms with van der Waals surface area (Å²) in [5, 5.41) is 15.3. The second kappa shape index (κ2) is 8.30. The van der Waals surface area contributed by atoms with Gasteiger partial charge in [-0.05, 0) is 19.3 Å². The zero-order chi connectivity index (χ0) is 17.9. The molecule has 5 atom stereocenters. The summed E-state index contributed by atoms with van der Waals surface area (Å²) in [5.41, 5.74) is 0. The molecule has 0 spiro atoms. The number of amides is 2. The van der Waals surface area contributed by atoms with E-state index in [2.05, 4.69) is 10.6 Å². The third kappa shape index (κ3) is 4.93. The molecule has 2 amide bonds. The highest BCUT2D eigenvalue weighted by Crippen LogP contribution is 2.44. The van der Waals surface area contributed by atoms with Gasteiger partial charge in [0.25, 0.3) is 0 Å². The maximum absolute atomic E-state index is 11.3. The molecule has 0 aromatic carbocycles. The number of carbonyl (C=O) groups is 2. The van der Waals surface area contributed by atoms with Crippen molar-refractivity contribution in [2.75, 3.05) is 13.2 Å². The molecule has 6 nitrogen and oxygen atoms in total. The fourth-order valence-electron chi connectivity index (χ4n) is 3.24. The van der Waals surface area contributed by atoms with E-state index in [0.717, 1.165) is 32.5 Å². The number of nitrogens with one attached hydrogen (secondary N) is 2. The minimum Gasteiger partial charge on any atom is -0.391 e. The quantitative estimate of drug-likeness (QED) is 0.714. The topological polar surface area (TPSA) is 87.7 Å². The number of ether oxygens (including phenoxy) is 1. The first kappa shape index (κ1) is 19.2. The second-order valence-corrected chi connectivity index (χ2v) is 7.82. The van der Waals surface area contributed by atoms with Crippen LogP contribution in [0.1, 0.15) is 47.0 Å². The van der Waals surface area contributed by atoms with E-state index >= 15 is 0 Å². The average molecular weight is 340 g/mol. The second-order valence-electron chi connectivity index (χ2n) is 7.82. The molecular formula is C18H32N2O4. The van der Waals surface area contributed by atoms with Crippen LogP contribution < -0.4 is 10.6 Å². The van der Waals surface area contributed by atoms with Crippen LogP contribution in [-0.4, -0.2) is 48.3 Å². The van der Waals surface area contributed by atoms with E-state index in [1.807, 2.05) is 27.7 Å². The normalized spacial score (nSPS) is 33.7. The molecule has 0 radical (unpaired) electrons. The molecule has 6 heteroatoms. The van der Waals surface area contributed by atoms with Crippen LogP contribution in [0.15, 0.2) is 0 Å². The number of fused-ring (bicyclic) bond motifs is 1. The minimum absolute atomic E-state index is 0.0000926. The van der Waals surface area contributed by atoms with E-state index in [9.17, 15) is 14.7 Å². The van der Waals surface area contributed by atoms with Gasteiger partial charge in [0.05, 0.1) is 25.4 Å². The molecule has 138 valence electrons. The van der Waals surface area contributed by atoms with Gasteiger partial charge in [0.2, 0.25) is 11.8 Å². The average Bonchev–Trinajstić information content (AvgIpc) is 2.89. The van der Waals surface area contributed by atoms with Gasteiger partial charge in [0, 0.05) is 29.7 Å². The van der Waals surface area contributed by atoms with E-state index < -0.39 is 0 Å². The van der Waals surface area contributed by atoms with E-state index in [-0.39, 0.29) is 35.8 Å². The summed E-state index contributed by atoms with van der Waals surface area (Å²) in [6.07, 6.45) is 2.43. The lowest BCUT2D eigenvalue weighted by Gasteiger charge is -2.17. The van der Waals surface area contributed by atoms with E-state index in [1.165, 1.54) is 0 Å². The molecule has 2 saturated carbocycles. The summed E-state index contributed by atoms with van der Waals surface area (Å²) in [6.45, 7) is 9.24. The third-order valence-electron chi connectivity index (χ3n) is 5.12. The molecule has 3 fully saturated rings. The molecule has 1 heterocycles. The van der Waals surface area contributed by atoms with E-state index in [4.69, 9.17) is 4.74 Å². The van der Waals surface area contributed by atoms with E-state index in [1.54, 1.807) is 0 Å². The maximum atomic E-state index is 11.3. The molecule has 1 aliphatic heterocycles. The molecule has 1 unspecified atom stereocenters. The molecule has 0 aromatic rings. The van der Waals surface area contributed by atoms with Gasteiger partial charge < -0.3 is 20.5 Å². The monoisotopic (exact) mass is 340 g/mol. The summed E-state index contributed by atoms with van der Waals surface area (Å²) in [4.78, 5) is 22.5. The predicted molar refractivity (Wildman–Crippen MR) is 91.2 cm³/mol. The Balaban J connectivity index is 0.000000174. The van der Waals surface area contributed by atoms with Crippen LogP contribution in [0.3, 0.4) is 0 Å². The Hall–Kier alpha value is -1.14. The lowest BCUT2D eigenvalue weighted by molar-refractivity contribution is -0.125. The van der Waals surface area contributed by atoms with Crippen molar-refractivity contribution in [3.05, 3.63) is 0 Å². The van der Waals surface area contributed by atoms with Gasteiger partial charge in [-0.2, -0.15) is 0 Å². The van der Waals surface area contributed by atoms with Crippen LogP contribution in [0.5, 0.6) is 0 Å². The van der Waals surface area contributed by atoms with Crippen molar-refractivity contribution in [3.8, 4) is 0 Å². The minimum atomic E-state index is -0.326. The third-order valence-corrected chi connectivity index (χ3v) is 5.12.